The molecular weight excluding hydrogens is 300 g/mol. The normalized spacial score (nSPS) is 13.4. The van der Waals surface area contributed by atoms with Crippen LogP contribution >= 0.6 is 11.3 Å². The number of fused-ring (bicyclic) bond motifs is 1. The van der Waals surface area contributed by atoms with Crippen LogP contribution in [0.1, 0.15) is 4.88 Å². The molecule has 0 saturated heterocycles. The largest absolute Gasteiger partial charge is 0.454 e. The number of nitrogen functional groups attached to an aromatic ring is 1. The zero-order chi connectivity index (χ0) is 14.3. The molecule has 20 heavy (non-hydrogen) atoms. The van der Waals surface area contributed by atoms with E-state index in [4.69, 9.17) is 15.2 Å². The fourth-order valence-corrected chi connectivity index (χ4v) is 4.16. The lowest BCUT2D eigenvalue weighted by Gasteiger charge is -2.10. The van der Waals surface area contributed by atoms with Crippen LogP contribution in [0, 0.1) is 6.92 Å². The third-order valence-electron chi connectivity index (χ3n) is 2.77. The van der Waals surface area contributed by atoms with E-state index in [-0.39, 0.29) is 22.4 Å². The highest BCUT2D eigenvalue weighted by Crippen LogP contribution is 2.39. The van der Waals surface area contributed by atoms with Crippen molar-refractivity contribution < 1.29 is 17.9 Å². The third-order valence-corrected chi connectivity index (χ3v) is 5.63. The number of nitrogens with one attached hydrogen (secondary N) is 1. The van der Waals surface area contributed by atoms with Crippen LogP contribution in [0.5, 0.6) is 11.5 Å². The molecule has 0 bridgehead atoms. The molecule has 2 aromatic rings. The zero-order valence-corrected chi connectivity index (χ0v) is 12.2. The van der Waals surface area contributed by atoms with Gasteiger partial charge < -0.3 is 15.2 Å². The first-order chi connectivity index (χ1) is 9.45. The van der Waals surface area contributed by atoms with E-state index < -0.39 is 10.0 Å². The van der Waals surface area contributed by atoms with Crippen molar-refractivity contribution in [2.24, 2.45) is 0 Å². The molecule has 1 aliphatic rings. The summed E-state index contributed by atoms with van der Waals surface area (Å²) in [7, 11) is -3.64. The molecule has 3 N–H and O–H groups in total. The monoisotopic (exact) mass is 312 g/mol. The Morgan fingerprint density at radius 2 is 1.95 bits per heavy atom. The number of thiophene rings is 1. The Bertz CT molecular complexity index is 768. The average molecular weight is 312 g/mol. The molecule has 106 valence electrons. The van der Waals surface area contributed by atoms with Gasteiger partial charge in [-0.15, -0.1) is 11.3 Å². The van der Waals surface area contributed by atoms with Crippen molar-refractivity contribution in [1.29, 1.82) is 0 Å². The minimum atomic E-state index is -3.64. The topological polar surface area (TPSA) is 90.7 Å². The van der Waals surface area contributed by atoms with E-state index in [9.17, 15) is 8.42 Å². The van der Waals surface area contributed by atoms with Crippen LogP contribution in [-0.4, -0.2) is 15.2 Å². The van der Waals surface area contributed by atoms with Gasteiger partial charge in [0, 0.05) is 17.0 Å². The second-order valence-electron chi connectivity index (χ2n) is 4.26. The average Bonchev–Trinajstić information content (AvgIpc) is 2.98. The number of aryl methyl sites for hydroxylation is 1. The fraction of sp³-hybridized carbons (Fsp3) is 0.167. The summed E-state index contributed by atoms with van der Waals surface area (Å²) < 4.78 is 37.6. The fourth-order valence-electron chi connectivity index (χ4n) is 1.80. The Labute approximate surface area is 120 Å². The quantitative estimate of drug-likeness (QED) is 0.848. The second kappa shape index (κ2) is 4.57. The number of nitrogens with two attached hydrogens (primary N) is 1. The number of benzene rings is 1. The molecule has 0 spiro atoms. The Kier molecular flexibility index (Phi) is 2.98. The van der Waals surface area contributed by atoms with E-state index in [0.29, 0.717) is 11.5 Å². The van der Waals surface area contributed by atoms with Crippen molar-refractivity contribution in [2.75, 3.05) is 17.2 Å². The van der Waals surface area contributed by atoms with Crippen molar-refractivity contribution in [2.45, 2.75) is 11.1 Å². The van der Waals surface area contributed by atoms with Gasteiger partial charge in [0.25, 0.3) is 10.0 Å². The summed E-state index contributed by atoms with van der Waals surface area (Å²) in [4.78, 5) is 0.920. The van der Waals surface area contributed by atoms with Gasteiger partial charge in [0.1, 0.15) is 4.21 Å². The van der Waals surface area contributed by atoms with E-state index in [0.717, 1.165) is 4.88 Å². The van der Waals surface area contributed by atoms with Gasteiger partial charge in [-0.1, -0.05) is 0 Å². The van der Waals surface area contributed by atoms with Crippen molar-refractivity contribution in [3.63, 3.8) is 0 Å². The maximum atomic E-state index is 12.2. The number of sulfonamides is 1. The van der Waals surface area contributed by atoms with Crippen molar-refractivity contribution in [3.05, 3.63) is 29.1 Å². The summed E-state index contributed by atoms with van der Waals surface area (Å²) in [5.74, 6) is 0.983. The highest BCUT2D eigenvalue weighted by atomic mass is 32.2. The zero-order valence-electron chi connectivity index (χ0n) is 10.5. The molecule has 3 rings (SSSR count). The molecule has 0 unspecified atom stereocenters. The molecule has 8 heteroatoms. The molecule has 2 heterocycles. The molecule has 0 fully saturated rings. The van der Waals surface area contributed by atoms with E-state index in [1.165, 1.54) is 17.4 Å². The van der Waals surface area contributed by atoms with Crippen LogP contribution in [0.15, 0.2) is 28.5 Å². The van der Waals surface area contributed by atoms with E-state index in [2.05, 4.69) is 4.72 Å². The van der Waals surface area contributed by atoms with Gasteiger partial charge in [-0.3, -0.25) is 4.72 Å². The molecule has 0 aliphatic carbocycles. The highest BCUT2D eigenvalue weighted by molar-refractivity contribution is 7.94. The van der Waals surface area contributed by atoms with Gasteiger partial charge in [0.05, 0.1) is 11.4 Å². The van der Waals surface area contributed by atoms with E-state index >= 15 is 0 Å². The minimum absolute atomic E-state index is 0.106. The number of rotatable bonds is 3. The number of ether oxygens (including phenoxy) is 2. The maximum absolute atomic E-state index is 12.2. The van der Waals surface area contributed by atoms with Crippen LogP contribution in [0.25, 0.3) is 0 Å². The van der Waals surface area contributed by atoms with Gasteiger partial charge in [-0.05, 0) is 19.1 Å². The third kappa shape index (κ3) is 2.27. The Balaban J connectivity index is 1.95. The van der Waals surface area contributed by atoms with Gasteiger partial charge in [-0.2, -0.15) is 0 Å². The Morgan fingerprint density at radius 1 is 1.25 bits per heavy atom. The molecule has 1 aliphatic heterocycles. The molecule has 0 radical (unpaired) electrons. The molecule has 6 nitrogen and oxygen atoms in total. The number of anilines is 2. The summed E-state index contributed by atoms with van der Waals surface area (Å²) in [5, 5.41) is 0. The molecule has 1 aromatic carbocycles. The number of hydrogen-bond donors (Lipinski definition) is 2. The second-order valence-corrected chi connectivity index (χ2v) is 7.46. The van der Waals surface area contributed by atoms with Gasteiger partial charge >= 0.3 is 0 Å². The van der Waals surface area contributed by atoms with Crippen LogP contribution in [0.2, 0.25) is 0 Å². The first kappa shape index (κ1) is 13.1. The van der Waals surface area contributed by atoms with Crippen LogP contribution in [0.3, 0.4) is 0 Å². The minimum Gasteiger partial charge on any atom is -0.454 e. The first-order valence-electron chi connectivity index (χ1n) is 5.74. The lowest BCUT2D eigenvalue weighted by Crippen LogP contribution is -2.12. The smallest absolute Gasteiger partial charge is 0.271 e. The lowest BCUT2D eigenvalue weighted by atomic mass is 10.2. The van der Waals surface area contributed by atoms with Crippen LogP contribution in [-0.2, 0) is 10.0 Å². The van der Waals surface area contributed by atoms with E-state index in [1.54, 1.807) is 18.2 Å². The molecule has 0 atom stereocenters. The number of hydrogen-bond acceptors (Lipinski definition) is 6. The first-order valence-corrected chi connectivity index (χ1v) is 8.04. The summed E-state index contributed by atoms with van der Waals surface area (Å²) in [5.41, 5.74) is 6.39. The molecule has 0 saturated carbocycles. The molecular formula is C12H12N2O4S2. The predicted molar refractivity (Wildman–Crippen MR) is 76.8 cm³/mol. The highest BCUT2D eigenvalue weighted by Gasteiger charge is 2.21. The molecule has 1 aromatic heterocycles. The maximum Gasteiger partial charge on any atom is 0.271 e. The summed E-state index contributed by atoms with van der Waals surface area (Å²) in [6.45, 7) is 1.95. The Hall–Kier alpha value is -1.93. The van der Waals surface area contributed by atoms with Crippen molar-refractivity contribution >= 4 is 32.7 Å². The van der Waals surface area contributed by atoms with Crippen molar-refractivity contribution in [1.82, 2.24) is 0 Å². The predicted octanol–water partition coefficient (Wildman–Crippen LogP) is 2.17. The van der Waals surface area contributed by atoms with Gasteiger partial charge in [0.15, 0.2) is 11.5 Å². The van der Waals surface area contributed by atoms with Crippen molar-refractivity contribution in [3.8, 4) is 11.5 Å². The standard InChI is InChI=1S/C12H12N2O4S2/c1-7-2-3-12(19-7)20(15,16)14-9-5-11-10(4-8(9)13)17-6-18-11/h2-5,14H,6,13H2,1H3. The summed E-state index contributed by atoms with van der Waals surface area (Å²) in [6, 6.07) is 6.38. The lowest BCUT2D eigenvalue weighted by molar-refractivity contribution is 0.174. The van der Waals surface area contributed by atoms with Crippen LogP contribution < -0.4 is 19.9 Å². The summed E-state index contributed by atoms with van der Waals surface area (Å²) >= 11 is 1.20. The van der Waals surface area contributed by atoms with Crippen LogP contribution in [0.4, 0.5) is 11.4 Å². The Morgan fingerprint density at radius 3 is 2.60 bits per heavy atom. The molecule has 0 amide bonds. The van der Waals surface area contributed by atoms with E-state index in [1.807, 2.05) is 6.92 Å². The SMILES string of the molecule is Cc1ccc(S(=O)(=O)Nc2cc3c(cc2N)OCO3)s1. The van der Waals surface area contributed by atoms with Gasteiger partial charge in [-0.25, -0.2) is 8.42 Å². The van der Waals surface area contributed by atoms with Gasteiger partial charge in [0.2, 0.25) is 6.79 Å². The summed E-state index contributed by atoms with van der Waals surface area (Å²) in [6.07, 6.45) is 0.